The lowest BCUT2D eigenvalue weighted by Gasteiger charge is -2.30. The van der Waals surface area contributed by atoms with E-state index in [2.05, 4.69) is 0 Å². The van der Waals surface area contributed by atoms with E-state index in [1.165, 1.54) is 4.31 Å². The van der Waals surface area contributed by atoms with E-state index in [1.54, 1.807) is 48.5 Å². The number of ketones is 1. The number of piperidine rings is 1. The van der Waals surface area contributed by atoms with Gasteiger partial charge < -0.3 is 9.47 Å². The second-order valence-electron chi connectivity index (χ2n) is 6.71. The minimum Gasteiger partial charge on any atom is -0.486 e. The van der Waals surface area contributed by atoms with Crippen LogP contribution in [0.15, 0.2) is 53.4 Å². The van der Waals surface area contributed by atoms with Crippen molar-refractivity contribution in [1.82, 2.24) is 4.31 Å². The molecule has 0 saturated carbocycles. The highest BCUT2D eigenvalue weighted by Crippen LogP contribution is 2.33. The molecule has 2 aromatic rings. The molecule has 0 radical (unpaired) electrons. The summed E-state index contributed by atoms with van der Waals surface area (Å²) in [6, 6.07) is 13.7. The molecule has 0 atom stereocenters. The quantitative estimate of drug-likeness (QED) is 0.755. The summed E-state index contributed by atoms with van der Waals surface area (Å²) in [6.45, 7) is 1.67. The van der Waals surface area contributed by atoms with E-state index in [4.69, 9.17) is 9.47 Å². The Morgan fingerprint density at radius 1 is 0.926 bits per heavy atom. The Kier molecular flexibility index (Phi) is 4.88. The zero-order valence-electron chi connectivity index (χ0n) is 14.8. The van der Waals surface area contributed by atoms with E-state index in [0.717, 1.165) is 0 Å². The summed E-state index contributed by atoms with van der Waals surface area (Å²) in [5, 5.41) is 0. The molecule has 0 N–H and O–H groups in total. The van der Waals surface area contributed by atoms with Gasteiger partial charge in [0.1, 0.15) is 13.2 Å². The molecule has 1 saturated heterocycles. The van der Waals surface area contributed by atoms with Gasteiger partial charge in [0, 0.05) is 24.6 Å². The maximum absolute atomic E-state index is 12.8. The van der Waals surface area contributed by atoms with Crippen LogP contribution in [0.1, 0.15) is 23.2 Å². The first-order valence-corrected chi connectivity index (χ1v) is 10.5. The number of hydrogen-bond acceptors (Lipinski definition) is 5. The SMILES string of the molecule is O=C(c1ccc2c(c1)OCCO2)C1CCN(S(=O)(=O)c2ccccc2)CC1. The molecule has 7 heteroatoms. The summed E-state index contributed by atoms with van der Waals surface area (Å²) < 4.78 is 37.9. The van der Waals surface area contributed by atoms with Crippen molar-refractivity contribution in [3.05, 3.63) is 54.1 Å². The average molecular weight is 387 g/mol. The lowest BCUT2D eigenvalue weighted by Crippen LogP contribution is -2.40. The molecule has 0 amide bonds. The van der Waals surface area contributed by atoms with Gasteiger partial charge in [0.25, 0.3) is 0 Å². The van der Waals surface area contributed by atoms with E-state index in [9.17, 15) is 13.2 Å². The smallest absolute Gasteiger partial charge is 0.243 e. The molecular formula is C20H21NO5S. The number of rotatable bonds is 4. The monoisotopic (exact) mass is 387 g/mol. The fourth-order valence-electron chi connectivity index (χ4n) is 3.53. The molecular weight excluding hydrogens is 366 g/mol. The minimum atomic E-state index is -3.50. The van der Waals surface area contributed by atoms with Crippen LogP contribution in [0.4, 0.5) is 0 Å². The van der Waals surface area contributed by atoms with Gasteiger partial charge in [0.2, 0.25) is 10.0 Å². The van der Waals surface area contributed by atoms with Gasteiger partial charge >= 0.3 is 0 Å². The highest BCUT2D eigenvalue weighted by molar-refractivity contribution is 7.89. The predicted molar refractivity (Wildman–Crippen MR) is 99.7 cm³/mol. The lowest BCUT2D eigenvalue weighted by atomic mass is 9.89. The van der Waals surface area contributed by atoms with Crippen LogP contribution in [-0.4, -0.2) is 44.8 Å². The number of Topliss-reactive ketones (excluding diaryl/α,β-unsaturated/α-hetero) is 1. The number of ether oxygens (including phenoxy) is 2. The van der Waals surface area contributed by atoms with Crippen LogP contribution in [0, 0.1) is 5.92 Å². The largest absolute Gasteiger partial charge is 0.486 e. The third-order valence-corrected chi connectivity index (χ3v) is 6.95. The number of carbonyl (C=O) groups excluding carboxylic acids is 1. The van der Waals surface area contributed by atoms with Gasteiger partial charge in [0.15, 0.2) is 17.3 Å². The van der Waals surface area contributed by atoms with Crippen LogP contribution < -0.4 is 9.47 Å². The number of fused-ring (bicyclic) bond motifs is 1. The first-order valence-electron chi connectivity index (χ1n) is 9.05. The Morgan fingerprint density at radius 3 is 2.30 bits per heavy atom. The topological polar surface area (TPSA) is 72.9 Å². The third-order valence-electron chi connectivity index (χ3n) is 5.03. The molecule has 2 aromatic carbocycles. The first kappa shape index (κ1) is 18.0. The van der Waals surface area contributed by atoms with Gasteiger partial charge in [-0.1, -0.05) is 18.2 Å². The lowest BCUT2D eigenvalue weighted by molar-refractivity contribution is 0.0874. The van der Waals surface area contributed by atoms with Crippen LogP contribution in [0.5, 0.6) is 11.5 Å². The number of carbonyl (C=O) groups is 1. The van der Waals surface area contributed by atoms with E-state index in [0.29, 0.717) is 61.1 Å². The molecule has 1 fully saturated rings. The Morgan fingerprint density at radius 2 is 1.59 bits per heavy atom. The molecule has 0 bridgehead atoms. The molecule has 27 heavy (non-hydrogen) atoms. The highest BCUT2D eigenvalue weighted by atomic mass is 32.2. The van der Waals surface area contributed by atoms with Crippen molar-refractivity contribution >= 4 is 15.8 Å². The van der Waals surface area contributed by atoms with Crippen LogP contribution in [0.2, 0.25) is 0 Å². The van der Waals surface area contributed by atoms with Crippen molar-refractivity contribution in [2.75, 3.05) is 26.3 Å². The molecule has 0 aromatic heterocycles. The number of hydrogen-bond donors (Lipinski definition) is 0. The van der Waals surface area contributed by atoms with E-state index < -0.39 is 10.0 Å². The van der Waals surface area contributed by atoms with Crippen LogP contribution in [0.25, 0.3) is 0 Å². The van der Waals surface area contributed by atoms with E-state index >= 15 is 0 Å². The Balaban J connectivity index is 1.44. The summed E-state index contributed by atoms with van der Waals surface area (Å²) >= 11 is 0. The Labute approximate surface area is 158 Å². The molecule has 4 rings (SSSR count). The van der Waals surface area contributed by atoms with Gasteiger partial charge in [-0.25, -0.2) is 8.42 Å². The van der Waals surface area contributed by atoms with Gasteiger partial charge in [-0.15, -0.1) is 0 Å². The zero-order chi connectivity index (χ0) is 18.9. The summed E-state index contributed by atoms with van der Waals surface area (Å²) in [7, 11) is -3.50. The second-order valence-corrected chi connectivity index (χ2v) is 8.65. The Hall–Kier alpha value is -2.38. The summed E-state index contributed by atoms with van der Waals surface area (Å²) in [4.78, 5) is 13.1. The van der Waals surface area contributed by atoms with Crippen molar-refractivity contribution in [2.45, 2.75) is 17.7 Å². The van der Waals surface area contributed by atoms with Gasteiger partial charge in [-0.2, -0.15) is 4.31 Å². The standard InChI is InChI=1S/C20H21NO5S/c22-20(16-6-7-18-19(14-16)26-13-12-25-18)15-8-10-21(11-9-15)27(23,24)17-4-2-1-3-5-17/h1-7,14-15H,8-13H2. The van der Waals surface area contributed by atoms with Gasteiger partial charge in [-0.3, -0.25) is 4.79 Å². The van der Waals surface area contributed by atoms with Crippen LogP contribution >= 0.6 is 0 Å². The van der Waals surface area contributed by atoms with Crippen molar-refractivity contribution < 1.29 is 22.7 Å². The van der Waals surface area contributed by atoms with Gasteiger partial charge in [-0.05, 0) is 43.2 Å². The molecule has 2 heterocycles. The molecule has 6 nitrogen and oxygen atoms in total. The van der Waals surface area contributed by atoms with Crippen molar-refractivity contribution in [3.63, 3.8) is 0 Å². The maximum Gasteiger partial charge on any atom is 0.243 e. The highest BCUT2D eigenvalue weighted by Gasteiger charge is 2.32. The number of nitrogens with zero attached hydrogens (tertiary/aromatic N) is 1. The van der Waals surface area contributed by atoms with E-state index in [1.807, 2.05) is 0 Å². The molecule has 2 aliphatic heterocycles. The third kappa shape index (κ3) is 3.57. The summed E-state index contributed by atoms with van der Waals surface area (Å²) in [6.07, 6.45) is 1.03. The molecule has 142 valence electrons. The fourth-order valence-corrected chi connectivity index (χ4v) is 5.02. The number of benzene rings is 2. The molecule has 2 aliphatic rings. The maximum atomic E-state index is 12.8. The molecule has 0 unspecified atom stereocenters. The molecule has 0 aliphatic carbocycles. The van der Waals surface area contributed by atoms with E-state index in [-0.39, 0.29) is 11.7 Å². The molecule has 0 spiro atoms. The zero-order valence-corrected chi connectivity index (χ0v) is 15.7. The summed E-state index contributed by atoms with van der Waals surface area (Å²) in [5.74, 6) is 1.09. The Bertz CT molecular complexity index is 934. The van der Waals surface area contributed by atoms with Gasteiger partial charge in [0.05, 0.1) is 4.90 Å². The second kappa shape index (κ2) is 7.32. The predicted octanol–water partition coefficient (Wildman–Crippen LogP) is 2.74. The number of sulfonamides is 1. The van der Waals surface area contributed by atoms with Crippen molar-refractivity contribution in [2.24, 2.45) is 5.92 Å². The normalized spacial score (nSPS) is 18.2. The fraction of sp³-hybridized carbons (Fsp3) is 0.350. The summed E-state index contributed by atoms with van der Waals surface area (Å²) in [5.41, 5.74) is 0.587. The van der Waals surface area contributed by atoms with Crippen LogP contribution in [-0.2, 0) is 10.0 Å². The minimum absolute atomic E-state index is 0.0312. The average Bonchev–Trinajstić information content (AvgIpc) is 2.73. The van der Waals surface area contributed by atoms with Crippen LogP contribution in [0.3, 0.4) is 0 Å². The first-order chi connectivity index (χ1) is 13.1. The van der Waals surface area contributed by atoms with Crippen molar-refractivity contribution in [3.8, 4) is 11.5 Å². The van der Waals surface area contributed by atoms with Crippen molar-refractivity contribution in [1.29, 1.82) is 0 Å².